The monoisotopic (exact) mass is 434 g/mol. The first-order valence-electron chi connectivity index (χ1n) is 11.3. The zero-order valence-electron chi connectivity index (χ0n) is 19.4. The number of ketones is 1. The molecule has 2 aliphatic heterocycles. The molecule has 0 amide bonds. The summed E-state index contributed by atoms with van der Waals surface area (Å²) in [5.41, 5.74) is -0.817. The molecular weight excluding hydrogens is 400 g/mol. The van der Waals surface area contributed by atoms with Crippen LogP contribution in [0.4, 0.5) is 0 Å². The van der Waals surface area contributed by atoms with Gasteiger partial charge in [-0.3, -0.25) is 14.4 Å². The molecule has 2 heterocycles. The van der Waals surface area contributed by atoms with Crippen molar-refractivity contribution in [2.75, 3.05) is 6.61 Å². The Morgan fingerprint density at radius 2 is 1.74 bits per heavy atom. The lowest BCUT2D eigenvalue weighted by Crippen LogP contribution is -2.51. The molecule has 0 spiro atoms. The second-order valence-electron chi connectivity index (χ2n) is 10.5. The molecule has 8 atom stereocenters. The van der Waals surface area contributed by atoms with Crippen molar-refractivity contribution in [1.29, 1.82) is 0 Å². The van der Waals surface area contributed by atoms with Gasteiger partial charge >= 0.3 is 11.9 Å². The smallest absolute Gasteiger partial charge is 0.303 e. The van der Waals surface area contributed by atoms with Crippen LogP contribution >= 0.6 is 0 Å². The number of hydrogen-bond donors (Lipinski definition) is 0. The second kappa shape index (κ2) is 7.41. The lowest BCUT2D eigenvalue weighted by atomic mass is 9.66. The molecule has 2 saturated heterocycles. The van der Waals surface area contributed by atoms with Crippen LogP contribution in [-0.2, 0) is 33.3 Å². The average Bonchev–Trinajstić information content (AvgIpc) is 3.51. The van der Waals surface area contributed by atoms with Crippen LogP contribution in [-0.4, -0.2) is 53.8 Å². The third-order valence-corrected chi connectivity index (χ3v) is 8.00. The average molecular weight is 435 g/mol. The van der Waals surface area contributed by atoms with Crippen molar-refractivity contribution in [1.82, 2.24) is 0 Å². The third-order valence-electron chi connectivity index (χ3n) is 8.00. The van der Waals surface area contributed by atoms with E-state index >= 15 is 0 Å². The van der Waals surface area contributed by atoms with Gasteiger partial charge < -0.3 is 18.9 Å². The molecule has 0 unspecified atom stereocenters. The minimum absolute atomic E-state index is 0.0179. The van der Waals surface area contributed by atoms with E-state index in [1.54, 1.807) is 0 Å². The summed E-state index contributed by atoms with van der Waals surface area (Å²) in [6.45, 7) is 11.2. The zero-order chi connectivity index (χ0) is 22.8. The van der Waals surface area contributed by atoms with Gasteiger partial charge in [0.15, 0.2) is 0 Å². The summed E-state index contributed by atoms with van der Waals surface area (Å²) in [6.07, 6.45) is 3.16. The van der Waals surface area contributed by atoms with E-state index in [1.165, 1.54) is 13.8 Å². The van der Waals surface area contributed by atoms with Gasteiger partial charge in [0.2, 0.25) is 0 Å². The number of carbonyl (C=O) groups is 3. The summed E-state index contributed by atoms with van der Waals surface area (Å²) >= 11 is 0. The normalized spacial score (nSPS) is 48.4. The largest absolute Gasteiger partial charge is 0.462 e. The Morgan fingerprint density at radius 1 is 1.10 bits per heavy atom. The van der Waals surface area contributed by atoms with E-state index in [4.69, 9.17) is 18.9 Å². The van der Waals surface area contributed by atoms with Crippen molar-refractivity contribution in [3.8, 4) is 0 Å². The first-order valence-corrected chi connectivity index (χ1v) is 11.3. The highest BCUT2D eigenvalue weighted by Gasteiger charge is 2.68. The van der Waals surface area contributed by atoms with Gasteiger partial charge in [-0.05, 0) is 46.6 Å². The Kier molecular flexibility index (Phi) is 5.37. The maximum atomic E-state index is 13.6. The highest BCUT2D eigenvalue weighted by molar-refractivity contribution is 5.89. The van der Waals surface area contributed by atoms with Crippen LogP contribution in [0, 0.1) is 17.3 Å². The highest BCUT2D eigenvalue weighted by atomic mass is 16.6. The van der Waals surface area contributed by atoms with Gasteiger partial charge in [0.1, 0.15) is 18.0 Å². The molecule has 7 heteroatoms. The summed E-state index contributed by atoms with van der Waals surface area (Å²) in [5.74, 6) is -1.30. The Hall–Kier alpha value is -1.73. The fraction of sp³-hybridized carbons (Fsp3) is 0.792. The number of epoxide rings is 2. The lowest BCUT2D eigenvalue weighted by molar-refractivity contribution is -0.167. The van der Waals surface area contributed by atoms with Gasteiger partial charge in [0.25, 0.3) is 0 Å². The van der Waals surface area contributed by atoms with E-state index < -0.39 is 40.8 Å². The van der Waals surface area contributed by atoms with Crippen LogP contribution < -0.4 is 0 Å². The molecule has 0 N–H and O–H groups in total. The summed E-state index contributed by atoms with van der Waals surface area (Å²) in [4.78, 5) is 37.8. The molecule has 7 nitrogen and oxygen atoms in total. The van der Waals surface area contributed by atoms with Crippen molar-refractivity contribution < 1.29 is 33.3 Å². The van der Waals surface area contributed by atoms with Crippen LogP contribution in [0.25, 0.3) is 0 Å². The molecule has 2 aliphatic carbocycles. The van der Waals surface area contributed by atoms with E-state index in [1.807, 2.05) is 33.8 Å². The van der Waals surface area contributed by atoms with Gasteiger partial charge in [-0.15, -0.1) is 0 Å². The molecule has 4 rings (SSSR count). The third kappa shape index (κ3) is 3.95. The van der Waals surface area contributed by atoms with Crippen molar-refractivity contribution in [3.63, 3.8) is 0 Å². The second-order valence-corrected chi connectivity index (χ2v) is 10.5. The fourth-order valence-corrected chi connectivity index (χ4v) is 5.97. The Labute approximate surface area is 183 Å². The summed E-state index contributed by atoms with van der Waals surface area (Å²) < 4.78 is 23.5. The summed E-state index contributed by atoms with van der Waals surface area (Å²) in [5, 5.41) is 0. The molecule has 0 aromatic heterocycles. The van der Waals surface area contributed by atoms with Crippen molar-refractivity contribution in [3.05, 3.63) is 11.6 Å². The molecule has 0 aromatic rings. The van der Waals surface area contributed by atoms with Crippen LogP contribution in [0.2, 0.25) is 0 Å². The number of esters is 2. The van der Waals surface area contributed by atoms with Gasteiger partial charge in [-0.2, -0.15) is 0 Å². The summed E-state index contributed by atoms with van der Waals surface area (Å²) in [7, 11) is 0. The number of ether oxygens (including phenoxy) is 4. The predicted octanol–water partition coefficient (Wildman–Crippen LogP) is 3.14. The fourth-order valence-electron chi connectivity index (χ4n) is 5.97. The topological polar surface area (TPSA) is 94.7 Å². The highest BCUT2D eigenvalue weighted by Crippen LogP contribution is 2.59. The molecule has 0 aromatic carbocycles. The quantitative estimate of drug-likeness (QED) is 0.383. The number of carbonyl (C=O) groups excluding carboxylic acids is 3. The van der Waals surface area contributed by atoms with E-state index in [2.05, 4.69) is 0 Å². The molecule has 0 radical (unpaired) electrons. The van der Waals surface area contributed by atoms with E-state index in [0.717, 1.165) is 18.4 Å². The zero-order valence-corrected chi connectivity index (χ0v) is 19.4. The standard InChI is InChI=1S/C24H34O7/c1-13-7-8-19-22(4,31-19)11-17(29-14(2)25)21-16(23(5)12-28-23)10-18(27)24(21,6)20(9-13)30-15(3)26/h9,16-17,19-21H,7-8,10-12H2,1-6H3/b13-9+/t16-,17+,19+,20-,21-,22+,23+,24-/m1/s1. The maximum absolute atomic E-state index is 13.6. The van der Waals surface area contributed by atoms with Crippen LogP contribution in [0.3, 0.4) is 0 Å². The predicted molar refractivity (Wildman–Crippen MR) is 111 cm³/mol. The molecule has 0 bridgehead atoms. The molecule has 4 aliphatic rings. The van der Waals surface area contributed by atoms with Crippen molar-refractivity contribution in [2.24, 2.45) is 17.3 Å². The van der Waals surface area contributed by atoms with Crippen LogP contribution in [0.1, 0.15) is 67.2 Å². The lowest BCUT2D eigenvalue weighted by Gasteiger charge is -2.42. The first kappa shape index (κ1) is 22.5. The summed E-state index contributed by atoms with van der Waals surface area (Å²) in [6, 6.07) is 0. The molecule has 31 heavy (non-hydrogen) atoms. The molecule has 172 valence electrons. The Balaban J connectivity index is 1.85. The van der Waals surface area contributed by atoms with Gasteiger partial charge in [0.05, 0.1) is 29.3 Å². The van der Waals surface area contributed by atoms with Crippen molar-refractivity contribution >= 4 is 17.7 Å². The Morgan fingerprint density at radius 3 is 2.32 bits per heavy atom. The minimum atomic E-state index is -1.03. The number of rotatable bonds is 3. The van der Waals surface area contributed by atoms with Crippen LogP contribution in [0.15, 0.2) is 11.6 Å². The van der Waals surface area contributed by atoms with Gasteiger partial charge in [-0.1, -0.05) is 5.57 Å². The van der Waals surface area contributed by atoms with Crippen molar-refractivity contribution in [2.45, 2.75) is 96.7 Å². The first-order chi connectivity index (χ1) is 14.4. The van der Waals surface area contributed by atoms with Gasteiger partial charge in [0, 0.05) is 38.5 Å². The number of Topliss-reactive ketones (excluding diaryl/α,β-unsaturated/α-hetero) is 1. The number of hydrogen-bond acceptors (Lipinski definition) is 7. The molecular formula is C24H34O7. The van der Waals surface area contributed by atoms with Crippen LogP contribution in [0.5, 0.6) is 0 Å². The SMILES string of the molecule is CC(=O)O[C@H]1C[C@]2(C)O[C@H]2CC/C(C)=C/[C@@H](OC(C)=O)[C@@]2(C)C(=O)C[C@@H]([C@]3(C)CO3)[C@H]12. The molecule has 3 fully saturated rings. The minimum Gasteiger partial charge on any atom is -0.462 e. The number of fused-ring (bicyclic) bond motifs is 2. The maximum Gasteiger partial charge on any atom is 0.303 e. The number of allylic oxidation sites excluding steroid dienone is 1. The molecule has 1 saturated carbocycles. The van der Waals surface area contributed by atoms with E-state index in [-0.39, 0.29) is 23.7 Å². The van der Waals surface area contributed by atoms with Gasteiger partial charge in [-0.25, -0.2) is 0 Å². The van der Waals surface area contributed by atoms with E-state index in [9.17, 15) is 14.4 Å². The van der Waals surface area contributed by atoms with E-state index in [0.29, 0.717) is 19.4 Å². The Bertz CT molecular complexity index is 828.